The van der Waals surface area contributed by atoms with Gasteiger partial charge in [-0.05, 0) is 25.1 Å². The molecule has 0 amide bonds. The molecule has 0 aromatic carbocycles. The first-order chi connectivity index (χ1) is 7.13. The van der Waals surface area contributed by atoms with Crippen molar-refractivity contribution in [1.29, 1.82) is 0 Å². The highest BCUT2D eigenvalue weighted by atomic mass is 16.5. The highest BCUT2D eigenvalue weighted by Gasteiger charge is 2.07. The second-order valence-corrected chi connectivity index (χ2v) is 2.72. The van der Waals surface area contributed by atoms with E-state index in [1.54, 1.807) is 19.1 Å². The summed E-state index contributed by atoms with van der Waals surface area (Å²) in [5, 5.41) is 8.38. The van der Waals surface area contributed by atoms with Crippen LogP contribution in [0.4, 0.5) is 0 Å². The summed E-state index contributed by atoms with van der Waals surface area (Å²) in [5.41, 5.74) is 0.849. The third-order valence-corrected chi connectivity index (χ3v) is 1.61. The molecule has 0 spiro atoms. The third-order valence-electron chi connectivity index (χ3n) is 1.61. The van der Waals surface area contributed by atoms with Gasteiger partial charge in [0.1, 0.15) is 5.69 Å². The highest BCUT2D eigenvalue weighted by molar-refractivity contribution is 5.89. The SMILES string of the molecule is CCOC(=O)c1ccc(C=CC(=O)O)[nH]1. The molecule has 0 aliphatic carbocycles. The molecular formula is C10H11NO4. The molecule has 80 valence electrons. The lowest BCUT2D eigenvalue weighted by molar-refractivity contribution is -0.131. The molecular weight excluding hydrogens is 198 g/mol. The fraction of sp³-hybridized carbons (Fsp3) is 0.200. The van der Waals surface area contributed by atoms with Crippen LogP contribution in [0.25, 0.3) is 6.08 Å². The van der Waals surface area contributed by atoms with Gasteiger partial charge in [0.05, 0.1) is 6.61 Å². The Bertz CT molecular complexity index is 392. The number of ether oxygens (including phenoxy) is 1. The van der Waals surface area contributed by atoms with Crippen LogP contribution in [0.15, 0.2) is 18.2 Å². The number of nitrogens with one attached hydrogen (secondary N) is 1. The molecule has 5 heteroatoms. The van der Waals surface area contributed by atoms with Crippen LogP contribution >= 0.6 is 0 Å². The lowest BCUT2D eigenvalue weighted by Crippen LogP contribution is -2.04. The fourth-order valence-electron chi connectivity index (χ4n) is 0.998. The molecule has 2 N–H and O–H groups in total. The van der Waals surface area contributed by atoms with Crippen molar-refractivity contribution in [2.75, 3.05) is 6.61 Å². The summed E-state index contributed by atoms with van der Waals surface area (Å²) in [6.07, 6.45) is 2.35. The summed E-state index contributed by atoms with van der Waals surface area (Å²) in [6, 6.07) is 3.14. The molecule has 0 saturated heterocycles. The number of carboxylic acids is 1. The standard InChI is InChI=1S/C10H11NO4/c1-2-15-10(14)8-5-3-7(11-8)4-6-9(12)13/h3-6,11H,2H2,1H3,(H,12,13). The summed E-state index contributed by atoms with van der Waals surface area (Å²) >= 11 is 0. The molecule has 0 aliphatic heterocycles. The van der Waals surface area contributed by atoms with E-state index < -0.39 is 11.9 Å². The summed E-state index contributed by atoms with van der Waals surface area (Å²) in [6.45, 7) is 2.02. The molecule has 0 bridgehead atoms. The smallest absolute Gasteiger partial charge is 0.354 e. The Morgan fingerprint density at radius 1 is 1.53 bits per heavy atom. The number of rotatable bonds is 4. The zero-order chi connectivity index (χ0) is 11.3. The van der Waals surface area contributed by atoms with Crippen molar-refractivity contribution in [1.82, 2.24) is 4.98 Å². The maximum absolute atomic E-state index is 11.2. The van der Waals surface area contributed by atoms with Crippen molar-refractivity contribution in [3.63, 3.8) is 0 Å². The van der Waals surface area contributed by atoms with Crippen LogP contribution in [0.5, 0.6) is 0 Å². The topological polar surface area (TPSA) is 79.4 Å². The fourth-order valence-corrected chi connectivity index (χ4v) is 0.998. The zero-order valence-corrected chi connectivity index (χ0v) is 8.19. The Morgan fingerprint density at radius 2 is 2.27 bits per heavy atom. The lowest BCUT2D eigenvalue weighted by atomic mass is 10.4. The second-order valence-electron chi connectivity index (χ2n) is 2.72. The molecule has 1 aromatic rings. The number of carboxylic acid groups (broad SMARTS) is 1. The predicted octanol–water partition coefficient (Wildman–Crippen LogP) is 1.29. The van der Waals surface area contributed by atoms with Gasteiger partial charge in [-0.3, -0.25) is 0 Å². The van der Waals surface area contributed by atoms with Gasteiger partial charge in [0.15, 0.2) is 0 Å². The van der Waals surface area contributed by atoms with Gasteiger partial charge in [0.25, 0.3) is 0 Å². The monoisotopic (exact) mass is 209 g/mol. The van der Waals surface area contributed by atoms with Gasteiger partial charge >= 0.3 is 11.9 Å². The van der Waals surface area contributed by atoms with Crippen molar-refractivity contribution >= 4 is 18.0 Å². The van der Waals surface area contributed by atoms with E-state index in [0.717, 1.165) is 6.08 Å². The van der Waals surface area contributed by atoms with Crippen LogP contribution in [0, 0.1) is 0 Å². The van der Waals surface area contributed by atoms with Crippen LogP contribution in [0.3, 0.4) is 0 Å². The third kappa shape index (κ3) is 3.30. The van der Waals surface area contributed by atoms with Crippen molar-refractivity contribution in [3.8, 4) is 0 Å². The average Bonchev–Trinajstić information content (AvgIpc) is 2.63. The molecule has 15 heavy (non-hydrogen) atoms. The first kappa shape index (κ1) is 11.0. The highest BCUT2D eigenvalue weighted by Crippen LogP contribution is 2.05. The van der Waals surface area contributed by atoms with Crippen LogP contribution in [-0.2, 0) is 9.53 Å². The molecule has 0 saturated carbocycles. The zero-order valence-electron chi connectivity index (χ0n) is 8.19. The Morgan fingerprint density at radius 3 is 2.87 bits per heavy atom. The number of hydrogen-bond donors (Lipinski definition) is 2. The first-order valence-electron chi connectivity index (χ1n) is 4.40. The van der Waals surface area contributed by atoms with E-state index in [-0.39, 0.29) is 0 Å². The van der Waals surface area contributed by atoms with Crippen molar-refractivity contribution in [2.45, 2.75) is 6.92 Å². The van der Waals surface area contributed by atoms with E-state index in [0.29, 0.717) is 18.0 Å². The predicted molar refractivity (Wildman–Crippen MR) is 53.4 cm³/mol. The van der Waals surface area contributed by atoms with Gasteiger partial charge in [-0.15, -0.1) is 0 Å². The van der Waals surface area contributed by atoms with Gasteiger partial charge < -0.3 is 14.8 Å². The average molecular weight is 209 g/mol. The number of aromatic nitrogens is 1. The Labute approximate surface area is 86.4 Å². The van der Waals surface area contributed by atoms with Gasteiger partial charge in [0.2, 0.25) is 0 Å². The number of hydrogen-bond acceptors (Lipinski definition) is 3. The summed E-state index contributed by atoms with van der Waals surface area (Å²) in [5.74, 6) is -1.49. The number of esters is 1. The second kappa shape index (κ2) is 4.99. The minimum atomic E-state index is -1.04. The Balaban J connectivity index is 2.72. The normalized spacial score (nSPS) is 10.5. The number of carbonyl (C=O) groups excluding carboxylic acids is 1. The van der Waals surface area contributed by atoms with Crippen LogP contribution in [0.2, 0.25) is 0 Å². The van der Waals surface area contributed by atoms with E-state index in [2.05, 4.69) is 4.98 Å². The molecule has 5 nitrogen and oxygen atoms in total. The van der Waals surface area contributed by atoms with Crippen LogP contribution in [-0.4, -0.2) is 28.6 Å². The Hall–Kier alpha value is -2.04. The van der Waals surface area contributed by atoms with Gasteiger partial charge in [0, 0.05) is 11.8 Å². The quantitative estimate of drug-likeness (QED) is 0.578. The minimum absolute atomic E-state index is 0.304. The number of aromatic amines is 1. The van der Waals surface area contributed by atoms with Crippen molar-refractivity contribution in [3.05, 3.63) is 29.6 Å². The molecule has 0 fully saturated rings. The van der Waals surface area contributed by atoms with E-state index in [9.17, 15) is 9.59 Å². The summed E-state index contributed by atoms with van der Waals surface area (Å²) < 4.78 is 4.76. The molecule has 1 aromatic heterocycles. The van der Waals surface area contributed by atoms with Crippen LogP contribution in [0.1, 0.15) is 23.1 Å². The molecule has 1 rings (SSSR count). The van der Waals surface area contributed by atoms with E-state index in [1.807, 2.05) is 0 Å². The number of H-pyrrole nitrogens is 1. The van der Waals surface area contributed by atoms with Crippen molar-refractivity contribution in [2.24, 2.45) is 0 Å². The molecule has 0 aliphatic rings. The first-order valence-corrected chi connectivity index (χ1v) is 4.40. The van der Waals surface area contributed by atoms with Gasteiger partial charge in [-0.25, -0.2) is 9.59 Å². The molecule has 0 unspecified atom stereocenters. The lowest BCUT2D eigenvalue weighted by Gasteiger charge is -1.97. The van der Waals surface area contributed by atoms with Crippen LogP contribution < -0.4 is 0 Å². The summed E-state index contributed by atoms with van der Waals surface area (Å²) in [4.78, 5) is 24.2. The molecule has 0 atom stereocenters. The minimum Gasteiger partial charge on any atom is -0.478 e. The van der Waals surface area contributed by atoms with E-state index in [4.69, 9.17) is 9.84 Å². The van der Waals surface area contributed by atoms with Gasteiger partial charge in [-0.1, -0.05) is 0 Å². The summed E-state index contributed by atoms with van der Waals surface area (Å²) in [7, 11) is 0. The van der Waals surface area contributed by atoms with E-state index >= 15 is 0 Å². The molecule has 1 heterocycles. The maximum atomic E-state index is 11.2. The van der Waals surface area contributed by atoms with Gasteiger partial charge in [-0.2, -0.15) is 0 Å². The number of aliphatic carboxylic acids is 1. The maximum Gasteiger partial charge on any atom is 0.354 e. The number of carbonyl (C=O) groups is 2. The van der Waals surface area contributed by atoms with E-state index in [1.165, 1.54) is 6.08 Å². The molecule has 0 radical (unpaired) electrons. The largest absolute Gasteiger partial charge is 0.478 e. The Kier molecular flexibility index (Phi) is 3.68. The van der Waals surface area contributed by atoms with Crippen molar-refractivity contribution < 1.29 is 19.4 Å².